The molecule has 7 heteroatoms. The summed E-state index contributed by atoms with van der Waals surface area (Å²) >= 11 is 0. The minimum Gasteiger partial charge on any atom is -0.354 e. The molecule has 0 saturated carbocycles. The molecule has 0 aromatic heterocycles. The van der Waals surface area contributed by atoms with Gasteiger partial charge in [-0.15, -0.1) is 0 Å². The van der Waals surface area contributed by atoms with Gasteiger partial charge in [-0.1, -0.05) is 13.3 Å². The number of non-ortho nitro benzene ring substituents is 1. The number of carbonyl (C=O) groups excluding carboxylic acids is 2. The molecule has 1 aromatic rings. The first-order chi connectivity index (χ1) is 10.4. The van der Waals surface area contributed by atoms with E-state index in [-0.39, 0.29) is 36.5 Å². The minimum atomic E-state index is -0.524. The summed E-state index contributed by atoms with van der Waals surface area (Å²) < 4.78 is 0. The summed E-state index contributed by atoms with van der Waals surface area (Å²) in [5, 5.41) is 16.0. The van der Waals surface area contributed by atoms with Gasteiger partial charge in [0, 0.05) is 36.7 Å². The monoisotopic (exact) mass is 307 g/mol. The van der Waals surface area contributed by atoms with Gasteiger partial charge < -0.3 is 10.6 Å². The lowest BCUT2D eigenvalue weighted by atomic mass is 10.2. The van der Waals surface area contributed by atoms with Gasteiger partial charge >= 0.3 is 0 Å². The molecule has 0 radical (unpaired) electrons. The van der Waals surface area contributed by atoms with Crippen LogP contribution in [0.1, 0.15) is 43.5 Å². The zero-order chi connectivity index (χ0) is 16.5. The van der Waals surface area contributed by atoms with Crippen molar-refractivity contribution in [3.63, 3.8) is 0 Å². The first-order valence-electron chi connectivity index (χ1n) is 7.26. The predicted molar refractivity (Wildman–Crippen MR) is 82.6 cm³/mol. The van der Waals surface area contributed by atoms with E-state index >= 15 is 0 Å². The fraction of sp³-hybridized carbons (Fsp3) is 0.467. The topological polar surface area (TPSA) is 101 Å². The van der Waals surface area contributed by atoms with Gasteiger partial charge in [0.05, 0.1) is 4.92 Å². The lowest BCUT2D eigenvalue weighted by Gasteiger charge is -2.12. The molecule has 2 amide bonds. The summed E-state index contributed by atoms with van der Waals surface area (Å²) in [6.45, 7) is 4.21. The molecule has 0 aliphatic heterocycles. The lowest BCUT2D eigenvalue weighted by molar-refractivity contribution is -0.384. The van der Waals surface area contributed by atoms with Crippen molar-refractivity contribution in [3.8, 4) is 0 Å². The maximum Gasteiger partial charge on any atom is 0.269 e. The molecule has 0 aliphatic rings. The van der Waals surface area contributed by atoms with Gasteiger partial charge in [-0.3, -0.25) is 19.7 Å². The first-order valence-corrected chi connectivity index (χ1v) is 7.26. The fourth-order valence-corrected chi connectivity index (χ4v) is 1.98. The van der Waals surface area contributed by atoms with Gasteiger partial charge in [0.15, 0.2) is 0 Å². The molecule has 0 heterocycles. The highest BCUT2D eigenvalue weighted by molar-refractivity contribution is 5.94. The molecule has 1 atom stereocenters. The molecule has 0 spiro atoms. The van der Waals surface area contributed by atoms with Crippen molar-refractivity contribution < 1.29 is 14.5 Å². The van der Waals surface area contributed by atoms with Crippen LogP contribution in [0, 0.1) is 10.1 Å². The third-order valence-corrected chi connectivity index (χ3v) is 3.11. The number of hydrogen-bond acceptors (Lipinski definition) is 4. The fourth-order valence-electron chi connectivity index (χ4n) is 1.98. The maximum absolute atomic E-state index is 11.8. The highest BCUT2D eigenvalue weighted by Crippen LogP contribution is 2.11. The van der Waals surface area contributed by atoms with Gasteiger partial charge in [0.2, 0.25) is 5.91 Å². The molecular weight excluding hydrogens is 286 g/mol. The van der Waals surface area contributed by atoms with E-state index in [4.69, 9.17) is 0 Å². The van der Waals surface area contributed by atoms with Crippen LogP contribution in [0.5, 0.6) is 0 Å². The van der Waals surface area contributed by atoms with Gasteiger partial charge in [-0.25, -0.2) is 0 Å². The molecule has 1 unspecified atom stereocenters. The zero-order valence-corrected chi connectivity index (χ0v) is 12.8. The van der Waals surface area contributed by atoms with Gasteiger partial charge in [-0.2, -0.15) is 0 Å². The molecule has 120 valence electrons. The van der Waals surface area contributed by atoms with E-state index < -0.39 is 4.92 Å². The Hall–Kier alpha value is -2.44. The summed E-state index contributed by atoms with van der Waals surface area (Å²) in [7, 11) is 0. The molecule has 7 nitrogen and oxygen atoms in total. The Kier molecular flexibility index (Phi) is 7.01. The van der Waals surface area contributed by atoms with E-state index in [0.29, 0.717) is 5.56 Å². The van der Waals surface area contributed by atoms with Crippen molar-refractivity contribution in [2.45, 2.75) is 39.2 Å². The number of nitrogens with one attached hydrogen (secondary N) is 2. The second-order valence-electron chi connectivity index (χ2n) is 5.07. The van der Waals surface area contributed by atoms with Crippen LogP contribution in [0.2, 0.25) is 0 Å². The van der Waals surface area contributed by atoms with Gasteiger partial charge in [0.25, 0.3) is 11.6 Å². The predicted octanol–water partition coefficient (Wildman–Crippen LogP) is 2.02. The molecule has 1 rings (SSSR count). The SMILES string of the molecule is CCCC(C)NC(=O)CCNC(=O)c1ccc([N+](=O)[O-])cc1. The van der Waals surface area contributed by atoms with E-state index in [9.17, 15) is 19.7 Å². The Labute approximate surface area is 129 Å². The molecule has 2 N–H and O–H groups in total. The van der Waals surface area contributed by atoms with Crippen molar-refractivity contribution in [2.24, 2.45) is 0 Å². The number of carbonyl (C=O) groups is 2. The largest absolute Gasteiger partial charge is 0.354 e. The number of nitrogens with zero attached hydrogens (tertiary/aromatic N) is 1. The Morgan fingerprint density at radius 2 is 1.91 bits per heavy atom. The van der Waals surface area contributed by atoms with Crippen molar-refractivity contribution >= 4 is 17.5 Å². The molecular formula is C15H21N3O4. The highest BCUT2D eigenvalue weighted by Gasteiger charge is 2.10. The minimum absolute atomic E-state index is 0.0687. The van der Waals surface area contributed by atoms with Gasteiger partial charge in [0.1, 0.15) is 0 Å². The van der Waals surface area contributed by atoms with Crippen molar-refractivity contribution in [1.29, 1.82) is 0 Å². The number of benzene rings is 1. The molecule has 22 heavy (non-hydrogen) atoms. The highest BCUT2D eigenvalue weighted by atomic mass is 16.6. The molecule has 1 aromatic carbocycles. The van der Waals surface area contributed by atoms with Crippen LogP contribution in [-0.2, 0) is 4.79 Å². The summed E-state index contributed by atoms with van der Waals surface area (Å²) in [4.78, 5) is 33.4. The Bertz CT molecular complexity index is 528. The van der Waals surface area contributed by atoms with Crippen LogP contribution in [-0.4, -0.2) is 29.3 Å². The van der Waals surface area contributed by atoms with E-state index in [1.807, 2.05) is 13.8 Å². The normalized spacial score (nSPS) is 11.5. The average Bonchev–Trinajstić information content (AvgIpc) is 2.47. The van der Waals surface area contributed by atoms with Crippen molar-refractivity contribution in [1.82, 2.24) is 10.6 Å². The van der Waals surface area contributed by atoms with E-state index in [2.05, 4.69) is 10.6 Å². The number of nitro benzene ring substituents is 1. The molecule has 0 aliphatic carbocycles. The van der Waals surface area contributed by atoms with Crippen LogP contribution in [0.25, 0.3) is 0 Å². The number of rotatable bonds is 8. The summed E-state index contributed by atoms with van der Waals surface area (Å²) in [5.74, 6) is -0.464. The number of nitro groups is 1. The van der Waals surface area contributed by atoms with E-state index in [1.54, 1.807) is 0 Å². The van der Waals surface area contributed by atoms with Crippen LogP contribution >= 0.6 is 0 Å². The molecule has 0 bridgehead atoms. The van der Waals surface area contributed by atoms with Crippen molar-refractivity contribution in [2.75, 3.05) is 6.54 Å². The summed E-state index contributed by atoms with van der Waals surface area (Å²) in [5.41, 5.74) is 0.256. The summed E-state index contributed by atoms with van der Waals surface area (Å²) in [6.07, 6.45) is 2.12. The van der Waals surface area contributed by atoms with E-state index in [1.165, 1.54) is 24.3 Å². The third-order valence-electron chi connectivity index (χ3n) is 3.11. The summed E-state index contributed by atoms with van der Waals surface area (Å²) in [6, 6.07) is 5.44. The third kappa shape index (κ3) is 5.90. The quantitative estimate of drug-likeness (QED) is 0.566. The number of hydrogen-bond donors (Lipinski definition) is 2. The smallest absolute Gasteiger partial charge is 0.269 e. The van der Waals surface area contributed by atoms with Crippen LogP contribution in [0.4, 0.5) is 5.69 Å². The van der Waals surface area contributed by atoms with Crippen LogP contribution in [0.15, 0.2) is 24.3 Å². The van der Waals surface area contributed by atoms with Crippen LogP contribution in [0.3, 0.4) is 0 Å². The second kappa shape index (κ2) is 8.76. The van der Waals surface area contributed by atoms with Crippen LogP contribution < -0.4 is 10.6 Å². The molecule has 0 saturated heterocycles. The molecule has 0 fully saturated rings. The standard InChI is InChI=1S/C15H21N3O4/c1-3-4-11(2)17-14(19)9-10-16-15(20)12-5-7-13(8-6-12)18(21)22/h5-8,11H,3-4,9-10H2,1-2H3,(H,16,20)(H,17,19). The maximum atomic E-state index is 11.8. The average molecular weight is 307 g/mol. The van der Waals surface area contributed by atoms with Gasteiger partial charge in [-0.05, 0) is 25.5 Å². The Balaban J connectivity index is 2.36. The Morgan fingerprint density at radius 1 is 1.27 bits per heavy atom. The first kappa shape index (κ1) is 17.6. The zero-order valence-electron chi connectivity index (χ0n) is 12.8. The number of amides is 2. The second-order valence-corrected chi connectivity index (χ2v) is 5.07. The Morgan fingerprint density at radius 3 is 2.45 bits per heavy atom. The van der Waals surface area contributed by atoms with E-state index in [0.717, 1.165) is 12.8 Å². The van der Waals surface area contributed by atoms with Crippen molar-refractivity contribution in [3.05, 3.63) is 39.9 Å². The lowest BCUT2D eigenvalue weighted by Crippen LogP contribution is -2.35.